The number of hydrogen-bond acceptors (Lipinski definition) is 7. The first-order valence-corrected chi connectivity index (χ1v) is 10.8. The molecule has 0 bridgehead atoms. The highest BCUT2D eigenvalue weighted by atomic mass is 16.5. The van der Waals surface area contributed by atoms with Crippen LogP contribution < -0.4 is 9.64 Å². The Kier molecular flexibility index (Phi) is 5.32. The maximum Gasteiger partial charge on any atom is 0.214 e. The Bertz CT molecular complexity index is 1090. The van der Waals surface area contributed by atoms with E-state index in [0.29, 0.717) is 18.3 Å². The van der Waals surface area contributed by atoms with Gasteiger partial charge in [-0.05, 0) is 38.8 Å². The molecule has 3 aromatic heterocycles. The van der Waals surface area contributed by atoms with Crippen LogP contribution in [0.25, 0.3) is 0 Å². The molecule has 5 rings (SSSR count). The van der Waals surface area contributed by atoms with Crippen LogP contribution in [0.5, 0.6) is 5.88 Å². The number of nitrogens with zero attached hydrogens (tertiary/aromatic N) is 6. The fraction of sp³-hybridized carbons (Fsp3) is 0.375. The van der Waals surface area contributed by atoms with Crippen LogP contribution in [0, 0.1) is 0 Å². The molecular formula is C24H26N6O. The highest BCUT2D eigenvalue weighted by Gasteiger charge is 2.24. The summed E-state index contributed by atoms with van der Waals surface area (Å²) in [6, 6.07) is 6.20. The Morgan fingerprint density at radius 2 is 1.87 bits per heavy atom. The quantitative estimate of drug-likeness (QED) is 0.632. The van der Waals surface area contributed by atoms with E-state index in [2.05, 4.69) is 30.9 Å². The fourth-order valence-electron chi connectivity index (χ4n) is 4.28. The minimum Gasteiger partial charge on any atom is -0.475 e. The fourth-order valence-corrected chi connectivity index (χ4v) is 4.28. The zero-order chi connectivity index (χ0) is 21.2. The predicted molar refractivity (Wildman–Crippen MR) is 120 cm³/mol. The van der Waals surface area contributed by atoms with Crippen molar-refractivity contribution in [2.75, 3.05) is 18.0 Å². The Morgan fingerprint density at radius 3 is 2.65 bits per heavy atom. The average molecular weight is 415 g/mol. The summed E-state index contributed by atoms with van der Waals surface area (Å²) in [6.45, 7) is 6.58. The number of hydrogen-bond donors (Lipinski definition) is 0. The zero-order valence-electron chi connectivity index (χ0n) is 17.9. The monoisotopic (exact) mass is 414 g/mol. The molecule has 3 aromatic rings. The maximum absolute atomic E-state index is 5.79. The van der Waals surface area contributed by atoms with Crippen molar-refractivity contribution in [2.24, 2.45) is 4.99 Å². The van der Waals surface area contributed by atoms with E-state index in [1.807, 2.05) is 44.6 Å². The standard InChI is InChI=1S/C24H26N6O/c1-16(2)31-23-12-20-19(13-28-23)14-29-24(20)18-3-6-27-22(11-18)30-9-4-17(5-10-30)21-15-25-7-8-26-21/h3,6-8,11-13,15-17H,4-5,9-10,14H2,1-2H3. The second kappa shape index (κ2) is 8.41. The first-order chi connectivity index (χ1) is 15.2. The molecule has 0 aliphatic carbocycles. The number of piperidine rings is 1. The van der Waals surface area contributed by atoms with Gasteiger partial charge in [0.25, 0.3) is 0 Å². The van der Waals surface area contributed by atoms with Crippen molar-refractivity contribution in [1.29, 1.82) is 0 Å². The van der Waals surface area contributed by atoms with Crippen molar-refractivity contribution >= 4 is 11.5 Å². The number of anilines is 1. The van der Waals surface area contributed by atoms with Crippen molar-refractivity contribution in [2.45, 2.75) is 45.3 Å². The molecule has 2 aliphatic heterocycles. The van der Waals surface area contributed by atoms with Crippen molar-refractivity contribution in [1.82, 2.24) is 19.9 Å². The molecule has 0 aromatic carbocycles. The molecule has 0 atom stereocenters. The van der Waals surface area contributed by atoms with Crippen LogP contribution in [-0.4, -0.2) is 44.8 Å². The van der Waals surface area contributed by atoms with E-state index >= 15 is 0 Å². The molecule has 0 amide bonds. The van der Waals surface area contributed by atoms with Crippen LogP contribution >= 0.6 is 0 Å². The van der Waals surface area contributed by atoms with E-state index in [9.17, 15) is 0 Å². The van der Waals surface area contributed by atoms with Gasteiger partial charge in [0.15, 0.2) is 0 Å². The van der Waals surface area contributed by atoms with Gasteiger partial charge in [0, 0.05) is 72.7 Å². The Balaban J connectivity index is 1.33. The molecule has 7 nitrogen and oxygen atoms in total. The van der Waals surface area contributed by atoms with Crippen molar-refractivity contribution < 1.29 is 4.74 Å². The van der Waals surface area contributed by atoms with E-state index in [4.69, 9.17) is 9.73 Å². The van der Waals surface area contributed by atoms with Gasteiger partial charge in [-0.3, -0.25) is 15.0 Å². The number of pyridine rings is 2. The molecule has 5 heterocycles. The first kappa shape index (κ1) is 19.6. The van der Waals surface area contributed by atoms with Crippen molar-refractivity contribution in [3.05, 3.63) is 71.6 Å². The molecule has 0 saturated carbocycles. The molecular weight excluding hydrogens is 388 g/mol. The summed E-state index contributed by atoms with van der Waals surface area (Å²) in [7, 11) is 0. The second-order valence-electron chi connectivity index (χ2n) is 8.31. The molecule has 0 N–H and O–H groups in total. The topological polar surface area (TPSA) is 76.4 Å². The lowest BCUT2D eigenvalue weighted by Crippen LogP contribution is -2.33. The third-order valence-corrected chi connectivity index (χ3v) is 5.82. The number of ether oxygens (including phenoxy) is 1. The molecule has 0 spiro atoms. The molecule has 2 aliphatic rings. The van der Waals surface area contributed by atoms with Crippen molar-refractivity contribution in [3.63, 3.8) is 0 Å². The van der Waals surface area contributed by atoms with Crippen LogP contribution in [0.2, 0.25) is 0 Å². The minimum absolute atomic E-state index is 0.0877. The van der Waals surface area contributed by atoms with Crippen LogP contribution in [0.3, 0.4) is 0 Å². The molecule has 0 unspecified atom stereocenters. The summed E-state index contributed by atoms with van der Waals surface area (Å²) in [5.41, 5.74) is 5.40. The summed E-state index contributed by atoms with van der Waals surface area (Å²) in [6.07, 6.45) is 11.3. The molecule has 158 valence electrons. The van der Waals surface area contributed by atoms with Gasteiger partial charge in [0.2, 0.25) is 5.88 Å². The van der Waals surface area contributed by atoms with Crippen LogP contribution in [0.4, 0.5) is 5.82 Å². The van der Waals surface area contributed by atoms with Crippen LogP contribution in [0.1, 0.15) is 55.0 Å². The molecule has 0 radical (unpaired) electrons. The number of aromatic nitrogens is 4. The minimum atomic E-state index is 0.0877. The molecule has 1 saturated heterocycles. The average Bonchev–Trinajstić information content (AvgIpc) is 3.23. The summed E-state index contributed by atoms with van der Waals surface area (Å²) >= 11 is 0. The van der Waals surface area contributed by atoms with Crippen LogP contribution in [0.15, 0.2) is 54.2 Å². The Labute approximate surface area is 182 Å². The predicted octanol–water partition coefficient (Wildman–Crippen LogP) is 3.79. The molecule has 31 heavy (non-hydrogen) atoms. The zero-order valence-corrected chi connectivity index (χ0v) is 17.9. The number of fused-ring (bicyclic) bond motifs is 1. The number of aliphatic imine (C=N–C) groups is 1. The lowest BCUT2D eigenvalue weighted by atomic mass is 9.93. The van der Waals surface area contributed by atoms with Gasteiger partial charge in [-0.25, -0.2) is 9.97 Å². The third-order valence-electron chi connectivity index (χ3n) is 5.82. The Hall–Kier alpha value is -3.35. The maximum atomic E-state index is 5.79. The summed E-state index contributed by atoms with van der Waals surface area (Å²) < 4.78 is 5.79. The summed E-state index contributed by atoms with van der Waals surface area (Å²) in [4.78, 5) is 24.9. The lowest BCUT2D eigenvalue weighted by Gasteiger charge is -2.32. The summed E-state index contributed by atoms with van der Waals surface area (Å²) in [5, 5.41) is 0. The largest absolute Gasteiger partial charge is 0.475 e. The normalized spacial score (nSPS) is 16.4. The van der Waals surface area contributed by atoms with Crippen LogP contribution in [-0.2, 0) is 6.54 Å². The van der Waals surface area contributed by atoms with Gasteiger partial charge in [-0.1, -0.05) is 0 Å². The van der Waals surface area contributed by atoms with E-state index < -0.39 is 0 Å². The van der Waals surface area contributed by atoms with Gasteiger partial charge >= 0.3 is 0 Å². The highest BCUT2D eigenvalue weighted by molar-refractivity contribution is 6.15. The van der Waals surface area contributed by atoms with E-state index in [1.54, 1.807) is 12.4 Å². The molecule has 1 fully saturated rings. The van der Waals surface area contributed by atoms with Gasteiger partial charge < -0.3 is 9.64 Å². The van der Waals surface area contributed by atoms with E-state index in [-0.39, 0.29) is 6.10 Å². The highest BCUT2D eigenvalue weighted by Crippen LogP contribution is 2.30. The van der Waals surface area contributed by atoms with Gasteiger partial charge in [-0.15, -0.1) is 0 Å². The van der Waals surface area contributed by atoms with E-state index in [1.165, 1.54) is 0 Å². The SMILES string of the molecule is CC(C)Oc1cc2c(cn1)CN=C2c1ccnc(N2CCC(c3cnccn3)CC2)c1. The Morgan fingerprint density at radius 1 is 1.00 bits per heavy atom. The second-order valence-corrected chi connectivity index (χ2v) is 8.31. The summed E-state index contributed by atoms with van der Waals surface area (Å²) in [5.74, 6) is 2.11. The van der Waals surface area contributed by atoms with Gasteiger partial charge in [0.05, 0.1) is 24.1 Å². The first-order valence-electron chi connectivity index (χ1n) is 10.8. The van der Waals surface area contributed by atoms with Gasteiger partial charge in [0.1, 0.15) is 5.82 Å². The third kappa shape index (κ3) is 4.13. The smallest absolute Gasteiger partial charge is 0.214 e. The lowest BCUT2D eigenvalue weighted by molar-refractivity contribution is 0.232. The van der Waals surface area contributed by atoms with E-state index in [0.717, 1.165) is 59.8 Å². The van der Waals surface area contributed by atoms with Crippen molar-refractivity contribution in [3.8, 4) is 5.88 Å². The number of rotatable bonds is 5. The molecule has 7 heteroatoms. The van der Waals surface area contributed by atoms with Gasteiger partial charge in [-0.2, -0.15) is 0 Å².